The van der Waals surface area contributed by atoms with Crippen LogP contribution in [0.4, 0.5) is 4.39 Å². The number of nitrogens with zero attached hydrogens (tertiary/aromatic N) is 2. The Morgan fingerprint density at radius 2 is 1.87 bits per heavy atom. The molecule has 0 saturated heterocycles. The van der Waals surface area contributed by atoms with Gasteiger partial charge >= 0.3 is 5.97 Å². The van der Waals surface area contributed by atoms with Crippen LogP contribution in [-0.2, 0) is 11.2 Å². The molecule has 0 spiro atoms. The van der Waals surface area contributed by atoms with E-state index in [0.29, 0.717) is 12.3 Å². The number of hydrogen-bond donors (Lipinski definition) is 0. The van der Waals surface area contributed by atoms with E-state index >= 15 is 0 Å². The molecule has 0 amide bonds. The van der Waals surface area contributed by atoms with Gasteiger partial charge in [-0.05, 0) is 87.4 Å². The van der Waals surface area contributed by atoms with Crippen LogP contribution in [0, 0.1) is 19.7 Å². The molecule has 0 unspecified atom stereocenters. The maximum atomic E-state index is 13.4. The van der Waals surface area contributed by atoms with Crippen LogP contribution in [0.5, 0.6) is 0 Å². The Balaban J connectivity index is 1.95. The van der Waals surface area contributed by atoms with Crippen molar-refractivity contribution in [3.8, 4) is 5.69 Å². The molecule has 1 aliphatic rings. The highest BCUT2D eigenvalue weighted by Crippen LogP contribution is 2.36. The summed E-state index contributed by atoms with van der Waals surface area (Å²) in [6, 6.07) is 12.7. The second kappa shape index (κ2) is 8.88. The molecule has 0 N–H and O–H groups in total. The van der Waals surface area contributed by atoms with Crippen molar-refractivity contribution in [3.05, 3.63) is 81.9 Å². The number of benzene rings is 2. The average molecular weight is 419 g/mol. The van der Waals surface area contributed by atoms with E-state index in [-0.39, 0.29) is 11.8 Å². The Bertz CT molecular complexity index is 1140. The van der Waals surface area contributed by atoms with Gasteiger partial charge < -0.3 is 4.74 Å². The summed E-state index contributed by atoms with van der Waals surface area (Å²) in [5.41, 5.74) is 7.52. The number of hydrogen-bond acceptors (Lipinski definition) is 3. The first-order chi connectivity index (χ1) is 15.0. The molecule has 0 aliphatic heterocycles. The highest BCUT2D eigenvalue weighted by atomic mass is 19.1. The summed E-state index contributed by atoms with van der Waals surface area (Å²) >= 11 is 0. The predicted molar refractivity (Wildman–Crippen MR) is 121 cm³/mol. The summed E-state index contributed by atoms with van der Waals surface area (Å²) in [4.78, 5) is 12.8. The highest BCUT2D eigenvalue weighted by molar-refractivity contribution is 5.93. The first-order valence-corrected chi connectivity index (χ1v) is 10.8. The number of carbonyl (C=O) groups is 1. The molecule has 2 aromatic carbocycles. The summed E-state index contributed by atoms with van der Waals surface area (Å²) in [5.74, 6) is -0.640. The van der Waals surface area contributed by atoms with E-state index in [0.717, 1.165) is 59.3 Å². The van der Waals surface area contributed by atoms with Gasteiger partial charge in [0.05, 0.1) is 18.0 Å². The van der Waals surface area contributed by atoms with Gasteiger partial charge in [-0.15, -0.1) is 0 Å². The normalized spacial score (nSPS) is 14.9. The summed E-state index contributed by atoms with van der Waals surface area (Å²) in [6.07, 6.45) is 5.70. The van der Waals surface area contributed by atoms with Crippen LogP contribution in [-0.4, -0.2) is 22.4 Å². The number of fused-ring (bicyclic) bond motifs is 1. The van der Waals surface area contributed by atoms with Crippen LogP contribution >= 0.6 is 0 Å². The Labute approximate surface area is 182 Å². The summed E-state index contributed by atoms with van der Waals surface area (Å²) in [5, 5.41) is 4.76. The highest BCUT2D eigenvalue weighted by Gasteiger charge is 2.28. The van der Waals surface area contributed by atoms with Crippen molar-refractivity contribution in [2.75, 3.05) is 6.61 Å². The van der Waals surface area contributed by atoms with Crippen molar-refractivity contribution in [3.63, 3.8) is 0 Å². The minimum absolute atomic E-state index is 0.256. The Hall–Kier alpha value is -3.21. The zero-order valence-electron chi connectivity index (χ0n) is 18.2. The van der Waals surface area contributed by atoms with Gasteiger partial charge in [0.2, 0.25) is 0 Å². The second-order valence-corrected chi connectivity index (χ2v) is 8.03. The van der Waals surface area contributed by atoms with Gasteiger partial charge in [-0.1, -0.05) is 29.8 Å². The summed E-state index contributed by atoms with van der Waals surface area (Å²) in [6.45, 7) is 6.23. The summed E-state index contributed by atoms with van der Waals surface area (Å²) in [7, 11) is 0. The molecule has 0 atom stereocenters. The van der Waals surface area contributed by atoms with Crippen molar-refractivity contribution in [1.82, 2.24) is 9.78 Å². The minimum atomic E-state index is -0.384. The molecule has 5 heteroatoms. The molecule has 1 aromatic heterocycles. The number of halogens is 1. The van der Waals surface area contributed by atoms with E-state index in [9.17, 15) is 9.18 Å². The zero-order chi connectivity index (χ0) is 22.0. The van der Waals surface area contributed by atoms with Gasteiger partial charge in [-0.3, -0.25) is 0 Å². The molecule has 31 heavy (non-hydrogen) atoms. The van der Waals surface area contributed by atoms with E-state index < -0.39 is 0 Å². The molecule has 0 saturated carbocycles. The van der Waals surface area contributed by atoms with E-state index in [2.05, 4.69) is 32.1 Å². The maximum absolute atomic E-state index is 13.4. The number of rotatable bonds is 4. The molecular formula is C26H27FN2O2. The third-order valence-corrected chi connectivity index (χ3v) is 5.67. The minimum Gasteiger partial charge on any atom is -0.461 e. The molecule has 4 nitrogen and oxygen atoms in total. The second-order valence-electron chi connectivity index (χ2n) is 8.03. The number of aromatic nitrogens is 2. The third kappa shape index (κ3) is 4.31. The fourth-order valence-electron chi connectivity index (χ4n) is 4.23. The lowest BCUT2D eigenvalue weighted by molar-refractivity contribution is 0.0517. The number of esters is 1. The van der Waals surface area contributed by atoms with Crippen molar-refractivity contribution in [1.29, 1.82) is 0 Å². The topological polar surface area (TPSA) is 44.1 Å². The van der Waals surface area contributed by atoms with E-state index in [4.69, 9.17) is 9.84 Å². The Morgan fingerprint density at radius 3 is 2.58 bits per heavy atom. The van der Waals surface area contributed by atoms with Crippen molar-refractivity contribution in [2.45, 2.75) is 46.5 Å². The largest absolute Gasteiger partial charge is 0.461 e. The lowest BCUT2D eigenvalue weighted by Gasteiger charge is -2.14. The Kier molecular flexibility index (Phi) is 6.03. The molecule has 1 aliphatic carbocycles. The van der Waals surface area contributed by atoms with Crippen LogP contribution in [0.1, 0.15) is 64.6 Å². The molecule has 1 heterocycles. The van der Waals surface area contributed by atoms with Crippen molar-refractivity contribution < 1.29 is 13.9 Å². The third-order valence-electron chi connectivity index (χ3n) is 5.67. The summed E-state index contributed by atoms with van der Waals surface area (Å²) < 4.78 is 20.6. The van der Waals surface area contributed by atoms with Crippen LogP contribution in [0.3, 0.4) is 0 Å². The van der Waals surface area contributed by atoms with E-state index in [1.165, 1.54) is 17.7 Å². The first-order valence-electron chi connectivity index (χ1n) is 10.8. The zero-order valence-corrected chi connectivity index (χ0v) is 18.2. The quantitative estimate of drug-likeness (QED) is 0.381. The van der Waals surface area contributed by atoms with E-state index in [1.54, 1.807) is 19.1 Å². The van der Waals surface area contributed by atoms with Crippen molar-refractivity contribution in [2.24, 2.45) is 0 Å². The molecule has 3 aromatic rings. The lowest BCUT2D eigenvalue weighted by Crippen LogP contribution is -2.09. The van der Waals surface area contributed by atoms with Crippen LogP contribution < -0.4 is 0 Å². The molecule has 4 rings (SSSR count). The van der Waals surface area contributed by atoms with Gasteiger partial charge in [0, 0.05) is 5.56 Å². The van der Waals surface area contributed by atoms with Gasteiger partial charge in [-0.25, -0.2) is 13.9 Å². The number of allylic oxidation sites excluding steroid dienone is 1. The standard InChI is InChI=1S/C26H27FN2O2/c1-4-31-26(30)24-22-8-6-5-7-20(16-19-10-12-21(27)13-11-19)25(22)29(28-24)23-14-9-17(2)15-18(23)3/h9-16H,4-8H2,1-3H3/b20-16+. The first kappa shape index (κ1) is 21.0. The SMILES string of the molecule is CCOC(=O)c1nn(-c2ccc(C)cc2C)c2c1CCCC/C2=C\c1ccc(F)cc1. The molecule has 0 radical (unpaired) electrons. The lowest BCUT2D eigenvalue weighted by atomic mass is 10.0. The fraction of sp³-hybridized carbons (Fsp3) is 0.308. The number of carbonyl (C=O) groups excluding carboxylic acids is 1. The maximum Gasteiger partial charge on any atom is 0.359 e. The molecule has 160 valence electrons. The van der Waals surface area contributed by atoms with Gasteiger partial charge in [0.15, 0.2) is 5.69 Å². The molecular weight excluding hydrogens is 391 g/mol. The Morgan fingerprint density at radius 1 is 1.13 bits per heavy atom. The van der Waals surface area contributed by atoms with Gasteiger partial charge in [0.25, 0.3) is 0 Å². The number of ether oxygens (including phenoxy) is 1. The van der Waals surface area contributed by atoms with Crippen molar-refractivity contribution >= 4 is 17.6 Å². The van der Waals surface area contributed by atoms with Gasteiger partial charge in [0.1, 0.15) is 5.82 Å². The van der Waals surface area contributed by atoms with Crippen LogP contribution in [0.25, 0.3) is 17.3 Å². The fourth-order valence-corrected chi connectivity index (χ4v) is 4.23. The number of aryl methyl sites for hydroxylation is 2. The van der Waals surface area contributed by atoms with Crippen LogP contribution in [0.2, 0.25) is 0 Å². The predicted octanol–water partition coefficient (Wildman–Crippen LogP) is 6.07. The average Bonchev–Trinajstić information content (AvgIpc) is 2.99. The van der Waals surface area contributed by atoms with Gasteiger partial charge in [-0.2, -0.15) is 5.10 Å². The monoisotopic (exact) mass is 418 g/mol. The molecule has 0 fully saturated rings. The smallest absolute Gasteiger partial charge is 0.359 e. The molecule has 0 bridgehead atoms. The van der Waals surface area contributed by atoms with E-state index in [1.807, 2.05) is 10.7 Å². The van der Waals surface area contributed by atoms with Crippen LogP contribution in [0.15, 0.2) is 42.5 Å².